The summed E-state index contributed by atoms with van der Waals surface area (Å²) in [6.45, 7) is 2.45. The van der Waals surface area contributed by atoms with Gasteiger partial charge >= 0.3 is 0 Å². The quantitative estimate of drug-likeness (QED) is 0.652. The highest BCUT2D eigenvalue weighted by Crippen LogP contribution is 2.29. The third kappa shape index (κ3) is 3.59. The van der Waals surface area contributed by atoms with Crippen molar-refractivity contribution in [1.29, 1.82) is 0 Å². The van der Waals surface area contributed by atoms with Crippen LogP contribution in [0.1, 0.15) is 49.5 Å². The lowest BCUT2D eigenvalue weighted by atomic mass is 10.0. The first-order valence-electron chi connectivity index (χ1n) is 9.57. The van der Waals surface area contributed by atoms with Crippen molar-refractivity contribution in [3.63, 3.8) is 0 Å². The minimum atomic E-state index is -0.533. The lowest BCUT2D eigenvalue weighted by molar-refractivity contribution is 0.0923. The Labute approximate surface area is 173 Å². The number of imide groups is 1. The van der Waals surface area contributed by atoms with Gasteiger partial charge in [-0.15, -0.1) is 0 Å². The summed E-state index contributed by atoms with van der Waals surface area (Å²) >= 11 is 0. The molecule has 0 saturated heterocycles. The van der Waals surface area contributed by atoms with Crippen LogP contribution in [0.25, 0.3) is 0 Å². The molecule has 3 aromatic rings. The zero-order valence-corrected chi connectivity index (χ0v) is 16.3. The number of nitrogens with one attached hydrogen (secondary N) is 1. The molecule has 0 aliphatic carbocycles. The number of amides is 3. The fourth-order valence-electron chi connectivity index (χ4n) is 3.45. The number of rotatable bonds is 5. The summed E-state index contributed by atoms with van der Waals surface area (Å²) in [7, 11) is 0. The van der Waals surface area contributed by atoms with Crippen LogP contribution >= 0.6 is 0 Å². The van der Waals surface area contributed by atoms with E-state index in [1.165, 1.54) is 42.5 Å². The number of benzene rings is 3. The van der Waals surface area contributed by atoms with Crippen molar-refractivity contribution < 1.29 is 18.8 Å². The zero-order chi connectivity index (χ0) is 21.3. The van der Waals surface area contributed by atoms with E-state index in [0.29, 0.717) is 12.1 Å². The Kier molecular flexibility index (Phi) is 5.14. The SMILES string of the molecule is C[C@@H](CNC(=O)c1ccc2c(c1)C(=O)N(c1ccc(F)cc1)C2=O)c1ccccc1. The van der Waals surface area contributed by atoms with Gasteiger partial charge in [-0.3, -0.25) is 14.4 Å². The number of fused-ring (bicyclic) bond motifs is 1. The van der Waals surface area contributed by atoms with E-state index in [2.05, 4.69) is 5.32 Å². The topological polar surface area (TPSA) is 66.5 Å². The van der Waals surface area contributed by atoms with E-state index in [4.69, 9.17) is 0 Å². The molecule has 6 heteroatoms. The smallest absolute Gasteiger partial charge is 0.266 e. The second-order valence-corrected chi connectivity index (χ2v) is 7.20. The lowest BCUT2D eigenvalue weighted by Crippen LogP contribution is -2.29. The Hall–Kier alpha value is -3.80. The predicted octanol–water partition coefficient (Wildman–Crippen LogP) is 4.16. The van der Waals surface area contributed by atoms with Crippen LogP contribution in [0, 0.1) is 5.82 Å². The van der Waals surface area contributed by atoms with Crippen molar-refractivity contribution in [2.45, 2.75) is 12.8 Å². The Balaban J connectivity index is 1.51. The van der Waals surface area contributed by atoms with Gasteiger partial charge in [-0.1, -0.05) is 37.3 Å². The first kappa shape index (κ1) is 19.5. The van der Waals surface area contributed by atoms with Gasteiger partial charge in [-0.25, -0.2) is 9.29 Å². The van der Waals surface area contributed by atoms with E-state index in [-0.39, 0.29) is 28.6 Å². The van der Waals surface area contributed by atoms with Crippen molar-refractivity contribution in [2.24, 2.45) is 0 Å². The maximum Gasteiger partial charge on any atom is 0.266 e. The Morgan fingerprint density at radius 3 is 2.30 bits per heavy atom. The molecule has 0 spiro atoms. The highest BCUT2D eigenvalue weighted by Gasteiger charge is 2.37. The van der Waals surface area contributed by atoms with E-state index in [1.54, 1.807) is 0 Å². The summed E-state index contributed by atoms with van der Waals surface area (Å²) in [5.41, 5.74) is 2.08. The molecule has 0 fully saturated rings. The van der Waals surface area contributed by atoms with Gasteiger partial charge in [-0.2, -0.15) is 0 Å². The van der Waals surface area contributed by atoms with Crippen LogP contribution < -0.4 is 10.2 Å². The Morgan fingerprint density at radius 2 is 1.60 bits per heavy atom. The third-order valence-corrected chi connectivity index (χ3v) is 5.17. The van der Waals surface area contributed by atoms with Crippen LogP contribution in [0.3, 0.4) is 0 Å². The molecule has 0 bridgehead atoms. The van der Waals surface area contributed by atoms with Crippen molar-refractivity contribution >= 4 is 23.4 Å². The van der Waals surface area contributed by atoms with Crippen LogP contribution in [0.15, 0.2) is 72.8 Å². The summed E-state index contributed by atoms with van der Waals surface area (Å²) in [6.07, 6.45) is 0. The number of carbonyl (C=O) groups is 3. The van der Waals surface area contributed by atoms with Crippen LogP contribution in [-0.2, 0) is 0 Å². The fraction of sp³-hybridized carbons (Fsp3) is 0.125. The van der Waals surface area contributed by atoms with Crippen molar-refractivity contribution in [1.82, 2.24) is 5.32 Å². The van der Waals surface area contributed by atoms with E-state index < -0.39 is 17.6 Å². The number of carbonyl (C=O) groups excluding carboxylic acids is 3. The molecule has 1 heterocycles. The summed E-state index contributed by atoms with van der Waals surface area (Å²) < 4.78 is 13.2. The number of hydrogen-bond acceptors (Lipinski definition) is 3. The highest BCUT2D eigenvalue weighted by atomic mass is 19.1. The van der Waals surface area contributed by atoms with Crippen LogP contribution in [0.2, 0.25) is 0 Å². The summed E-state index contributed by atoms with van der Waals surface area (Å²) in [5, 5.41) is 2.87. The molecule has 1 aliphatic heterocycles. The molecular formula is C24H19FN2O3. The fourth-order valence-corrected chi connectivity index (χ4v) is 3.45. The normalized spacial score (nSPS) is 13.9. The van der Waals surface area contributed by atoms with Crippen LogP contribution in [0.5, 0.6) is 0 Å². The molecule has 0 unspecified atom stereocenters. The maximum atomic E-state index is 13.2. The molecule has 0 aromatic heterocycles. The molecule has 1 atom stereocenters. The van der Waals surface area contributed by atoms with Gasteiger partial charge in [0.2, 0.25) is 0 Å². The molecule has 5 nitrogen and oxygen atoms in total. The minimum Gasteiger partial charge on any atom is -0.351 e. The Bertz CT molecular complexity index is 1130. The average Bonchev–Trinajstić information content (AvgIpc) is 3.02. The molecule has 1 N–H and O–H groups in total. The minimum absolute atomic E-state index is 0.127. The largest absolute Gasteiger partial charge is 0.351 e. The van der Waals surface area contributed by atoms with Gasteiger partial charge in [0.25, 0.3) is 17.7 Å². The monoisotopic (exact) mass is 402 g/mol. The molecule has 4 rings (SSSR count). The van der Waals surface area contributed by atoms with E-state index >= 15 is 0 Å². The van der Waals surface area contributed by atoms with Crippen LogP contribution in [0.4, 0.5) is 10.1 Å². The van der Waals surface area contributed by atoms with Crippen molar-refractivity contribution in [3.05, 3.63) is 101 Å². The van der Waals surface area contributed by atoms with Crippen molar-refractivity contribution in [3.8, 4) is 0 Å². The molecular weight excluding hydrogens is 383 g/mol. The third-order valence-electron chi connectivity index (χ3n) is 5.17. The molecule has 1 aliphatic rings. The first-order chi connectivity index (χ1) is 14.5. The number of anilines is 1. The molecule has 0 saturated carbocycles. The van der Waals surface area contributed by atoms with Crippen molar-refractivity contribution in [2.75, 3.05) is 11.4 Å². The zero-order valence-electron chi connectivity index (χ0n) is 16.3. The Morgan fingerprint density at radius 1 is 0.933 bits per heavy atom. The number of nitrogens with zero attached hydrogens (tertiary/aromatic N) is 1. The van der Waals surface area contributed by atoms with Gasteiger partial charge in [0.15, 0.2) is 0 Å². The molecule has 150 valence electrons. The van der Waals surface area contributed by atoms with Gasteiger partial charge in [0.05, 0.1) is 16.8 Å². The van der Waals surface area contributed by atoms with Gasteiger partial charge in [0.1, 0.15) is 5.82 Å². The van der Waals surface area contributed by atoms with E-state index in [1.807, 2.05) is 37.3 Å². The van der Waals surface area contributed by atoms with Gasteiger partial charge in [-0.05, 0) is 53.9 Å². The number of hydrogen-bond donors (Lipinski definition) is 1. The standard InChI is InChI=1S/C24H19FN2O3/c1-15(16-5-3-2-4-6-16)14-26-22(28)17-7-12-20-21(13-17)24(30)27(23(20)29)19-10-8-18(25)9-11-19/h2-13,15H,14H2,1H3,(H,26,28)/t15-/m0/s1. The lowest BCUT2D eigenvalue weighted by Gasteiger charge is -2.13. The van der Waals surface area contributed by atoms with Gasteiger partial charge < -0.3 is 5.32 Å². The van der Waals surface area contributed by atoms with E-state index in [0.717, 1.165) is 10.5 Å². The second-order valence-electron chi connectivity index (χ2n) is 7.20. The van der Waals surface area contributed by atoms with Crippen LogP contribution in [-0.4, -0.2) is 24.3 Å². The first-order valence-corrected chi connectivity index (χ1v) is 9.57. The average molecular weight is 402 g/mol. The van der Waals surface area contributed by atoms with E-state index in [9.17, 15) is 18.8 Å². The highest BCUT2D eigenvalue weighted by molar-refractivity contribution is 6.34. The summed E-state index contributed by atoms with van der Waals surface area (Å²) in [6, 6.07) is 19.4. The summed E-state index contributed by atoms with van der Waals surface area (Å²) in [5.74, 6) is -1.68. The number of halogens is 1. The predicted molar refractivity (Wildman–Crippen MR) is 111 cm³/mol. The van der Waals surface area contributed by atoms with Gasteiger partial charge in [0, 0.05) is 12.1 Å². The molecule has 3 aromatic carbocycles. The second kappa shape index (κ2) is 7.91. The summed E-state index contributed by atoms with van der Waals surface area (Å²) in [4.78, 5) is 39.0. The molecule has 30 heavy (non-hydrogen) atoms. The maximum absolute atomic E-state index is 13.2. The molecule has 3 amide bonds. The molecule has 0 radical (unpaired) electrons.